The predicted molar refractivity (Wildman–Crippen MR) is 87.3 cm³/mol. The summed E-state index contributed by atoms with van der Waals surface area (Å²) in [6.45, 7) is 8.32. The van der Waals surface area contributed by atoms with Gasteiger partial charge in [-0.15, -0.1) is 0 Å². The van der Waals surface area contributed by atoms with E-state index in [0.29, 0.717) is 0 Å². The number of rotatable bonds is 2. The van der Waals surface area contributed by atoms with Crippen molar-refractivity contribution in [2.75, 3.05) is 4.90 Å². The van der Waals surface area contributed by atoms with Crippen LogP contribution in [0.4, 0.5) is 11.4 Å². The van der Waals surface area contributed by atoms with Gasteiger partial charge < -0.3 is 0 Å². The third-order valence-corrected chi connectivity index (χ3v) is 4.55. The van der Waals surface area contributed by atoms with Crippen molar-refractivity contribution in [3.05, 3.63) is 58.7 Å². The molecule has 0 aliphatic carbocycles. The standard InChI is InChI=1S/C19H21NO/c1-5-15-7-9-18-17(11-15)14(4)19(21)20(18)16-8-6-12(2)13(3)10-16/h6-11,14H,5H2,1-4H3. The normalized spacial score (nSPS) is 17.2. The second-order valence-corrected chi connectivity index (χ2v) is 5.91. The molecule has 2 aromatic carbocycles. The Morgan fingerprint density at radius 2 is 1.81 bits per heavy atom. The minimum Gasteiger partial charge on any atom is -0.280 e. The van der Waals surface area contributed by atoms with E-state index < -0.39 is 0 Å². The van der Waals surface area contributed by atoms with Crippen molar-refractivity contribution in [1.29, 1.82) is 0 Å². The summed E-state index contributed by atoms with van der Waals surface area (Å²) in [5.41, 5.74) is 6.91. The number of anilines is 2. The number of benzene rings is 2. The fourth-order valence-corrected chi connectivity index (χ4v) is 2.95. The minimum absolute atomic E-state index is 0.0619. The first-order valence-corrected chi connectivity index (χ1v) is 7.57. The Balaban J connectivity index is 2.12. The van der Waals surface area contributed by atoms with Gasteiger partial charge in [0.25, 0.3) is 0 Å². The fraction of sp³-hybridized carbons (Fsp3) is 0.316. The number of fused-ring (bicyclic) bond motifs is 1. The fourth-order valence-electron chi connectivity index (χ4n) is 2.95. The summed E-state index contributed by atoms with van der Waals surface area (Å²) in [4.78, 5) is 14.6. The maximum atomic E-state index is 12.7. The van der Waals surface area contributed by atoms with Gasteiger partial charge in [0, 0.05) is 5.69 Å². The monoisotopic (exact) mass is 279 g/mol. The Morgan fingerprint density at radius 1 is 1.05 bits per heavy atom. The highest BCUT2D eigenvalue weighted by atomic mass is 16.2. The SMILES string of the molecule is CCc1ccc2c(c1)C(C)C(=O)N2c1ccc(C)c(C)c1. The summed E-state index contributed by atoms with van der Waals surface area (Å²) in [6, 6.07) is 12.6. The van der Waals surface area contributed by atoms with Crippen LogP contribution in [0.2, 0.25) is 0 Å². The predicted octanol–water partition coefficient (Wildman–Crippen LogP) is 4.65. The van der Waals surface area contributed by atoms with Crippen LogP contribution in [-0.4, -0.2) is 5.91 Å². The molecule has 0 fully saturated rings. The van der Waals surface area contributed by atoms with Crippen LogP contribution < -0.4 is 4.90 Å². The van der Waals surface area contributed by atoms with Crippen LogP contribution >= 0.6 is 0 Å². The molecule has 0 saturated carbocycles. The van der Waals surface area contributed by atoms with E-state index in [0.717, 1.165) is 23.4 Å². The van der Waals surface area contributed by atoms with Crippen molar-refractivity contribution >= 4 is 17.3 Å². The Bertz CT molecular complexity index is 718. The second kappa shape index (κ2) is 5.03. The van der Waals surface area contributed by atoms with Crippen molar-refractivity contribution in [2.45, 2.75) is 40.0 Å². The molecule has 2 heteroatoms. The van der Waals surface area contributed by atoms with Crippen molar-refractivity contribution in [3.8, 4) is 0 Å². The van der Waals surface area contributed by atoms with Crippen LogP contribution in [0.1, 0.15) is 42.0 Å². The lowest BCUT2D eigenvalue weighted by Gasteiger charge is -2.19. The van der Waals surface area contributed by atoms with E-state index in [1.807, 2.05) is 17.9 Å². The highest BCUT2D eigenvalue weighted by molar-refractivity contribution is 6.10. The molecule has 0 aromatic heterocycles. The highest BCUT2D eigenvalue weighted by Crippen LogP contribution is 2.42. The molecule has 2 nitrogen and oxygen atoms in total. The second-order valence-electron chi connectivity index (χ2n) is 5.91. The molecule has 1 unspecified atom stereocenters. The average Bonchev–Trinajstić information content (AvgIpc) is 2.74. The summed E-state index contributed by atoms with van der Waals surface area (Å²) >= 11 is 0. The summed E-state index contributed by atoms with van der Waals surface area (Å²) in [5, 5.41) is 0. The van der Waals surface area contributed by atoms with E-state index in [4.69, 9.17) is 0 Å². The average molecular weight is 279 g/mol. The molecule has 1 aliphatic heterocycles. The van der Waals surface area contributed by atoms with Gasteiger partial charge in [-0.3, -0.25) is 9.69 Å². The van der Waals surface area contributed by atoms with Gasteiger partial charge in [-0.25, -0.2) is 0 Å². The molecule has 1 heterocycles. The van der Waals surface area contributed by atoms with Crippen LogP contribution in [0, 0.1) is 13.8 Å². The van der Waals surface area contributed by atoms with Gasteiger partial charge in [0.2, 0.25) is 5.91 Å². The molecule has 1 aliphatic rings. The van der Waals surface area contributed by atoms with Gasteiger partial charge >= 0.3 is 0 Å². The number of carbonyl (C=O) groups is 1. The van der Waals surface area contributed by atoms with Crippen LogP contribution in [-0.2, 0) is 11.2 Å². The molecule has 0 bridgehead atoms. The maximum Gasteiger partial charge on any atom is 0.238 e. The molecule has 0 N–H and O–H groups in total. The topological polar surface area (TPSA) is 20.3 Å². The molecule has 2 aromatic rings. The van der Waals surface area contributed by atoms with Gasteiger partial charge in [0.05, 0.1) is 11.6 Å². The molecule has 0 radical (unpaired) electrons. The van der Waals surface area contributed by atoms with Gasteiger partial charge in [-0.1, -0.05) is 25.1 Å². The number of hydrogen-bond donors (Lipinski definition) is 0. The first-order valence-electron chi connectivity index (χ1n) is 7.57. The van der Waals surface area contributed by atoms with Gasteiger partial charge in [0.1, 0.15) is 0 Å². The first-order chi connectivity index (χ1) is 10.0. The van der Waals surface area contributed by atoms with Crippen molar-refractivity contribution in [3.63, 3.8) is 0 Å². The minimum atomic E-state index is -0.0619. The van der Waals surface area contributed by atoms with Gasteiger partial charge in [-0.2, -0.15) is 0 Å². The molecule has 21 heavy (non-hydrogen) atoms. The Labute approximate surface area is 126 Å². The lowest BCUT2D eigenvalue weighted by atomic mass is 10.00. The highest BCUT2D eigenvalue weighted by Gasteiger charge is 2.35. The van der Waals surface area contributed by atoms with Crippen molar-refractivity contribution in [2.24, 2.45) is 0 Å². The third-order valence-electron chi connectivity index (χ3n) is 4.55. The Kier molecular flexibility index (Phi) is 3.32. The van der Waals surface area contributed by atoms with Crippen LogP contribution in [0.25, 0.3) is 0 Å². The van der Waals surface area contributed by atoms with E-state index in [-0.39, 0.29) is 11.8 Å². The maximum absolute atomic E-state index is 12.7. The summed E-state index contributed by atoms with van der Waals surface area (Å²) in [7, 11) is 0. The molecular formula is C19H21NO. The molecule has 0 spiro atoms. The van der Waals surface area contributed by atoms with Crippen LogP contribution in [0.5, 0.6) is 0 Å². The molecule has 0 saturated heterocycles. The van der Waals surface area contributed by atoms with E-state index >= 15 is 0 Å². The smallest absolute Gasteiger partial charge is 0.238 e. The Hall–Kier alpha value is -2.09. The number of nitrogens with zero attached hydrogens (tertiary/aromatic N) is 1. The van der Waals surface area contributed by atoms with Crippen LogP contribution in [0.15, 0.2) is 36.4 Å². The van der Waals surface area contributed by atoms with E-state index in [1.165, 1.54) is 16.7 Å². The third kappa shape index (κ3) is 2.15. The zero-order valence-corrected chi connectivity index (χ0v) is 13.1. The summed E-state index contributed by atoms with van der Waals surface area (Å²) < 4.78 is 0. The van der Waals surface area contributed by atoms with Crippen LogP contribution in [0.3, 0.4) is 0 Å². The van der Waals surface area contributed by atoms with E-state index in [2.05, 4.69) is 51.1 Å². The molecule has 3 rings (SSSR count). The molecule has 1 atom stereocenters. The lowest BCUT2D eigenvalue weighted by molar-refractivity contribution is -0.118. The number of carbonyl (C=O) groups excluding carboxylic acids is 1. The summed E-state index contributed by atoms with van der Waals surface area (Å²) in [6.07, 6.45) is 0.998. The van der Waals surface area contributed by atoms with E-state index in [1.54, 1.807) is 0 Å². The summed E-state index contributed by atoms with van der Waals surface area (Å²) in [5.74, 6) is 0.106. The van der Waals surface area contributed by atoms with Gasteiger partial charge in [-0.05, 0) is 67.6 Å². The quantitative estimate of drug-likeness (QED) is 0.783. The molecule has 108 valence electrons. The zero-order chi connectivity index (χ0) is 15.1. The molecule has 1 amide bonds. The largest absolute Gasteiger partial charge is 0.280 e. The molecular weight excluding hydrogens is 258 g/mol. The zero-order valence-electron chi connectivity index (χ0n) is 13.1. The van der Waals surface area contributed by atoms with Crippen molar-refractivity contribution in [1.82, 2.24) is 0 Å². The lowest BCUT2D eigenvalue weighted by Crippen LogP contribution is -2.22. The number of amides is 1. The van der Waals surface area contributed by atoms with Crippen molar-refractivity contribution < 1.29 is 4.79 Å². The Morgan fingerprint density at radius 3 is 2.48 bits per heavy atom. The number of hydrogen-bond acceptors (Lipinski definition) is 1. The van der Waals surface area contributed by atoms with Gasteiger partial charge in [0.15, 0.2) is 0 Å². The number of aryl methyl sites for hydroxylation is 3. The van der Waals surface area contributed by atoms with E-state index in [9.17, 15) is 4.79 Å². The first kappa shape index (κ1) is 13.9.